The molecule has 142 valence electrons. The molecule has 1 unspecified atom stereocenters. The van der Waals surface area contributed by atoms with Crippen molar-refractivity contribution >= 4 is 0 Å². The molecule has 2 N–H and O–H groups in total. The van der Waals surface area contributed by atoms with E-state index in [9.17, 15) is 9.59 Å². The van der Waals surface area contributed by atoms with Crippen LogP contribution in [0.2, 0.25) is 0 Å². The molecule has 0 aliphatic carbocycles. The third kappa shape index (κ3) is 4.80. The predicted octanol–water partition coefficient (Wildman–Crippen LogP) is 1.55. The lowest BCUT2D eigenvalue weighted by Gasteiger charge is -2.18. The van der Waals surface area contributed by atoms with Crippen LogP contribution in [0, 0.1) is 6.92 Å². The van der Waals surface area contributed by atoms with Crippen molar-refractivity contribution in [3.05, 3.63) is 32.6 Å². The van der Waals surface area contributed by atoms with E-state index in [-0.39, 0.29) is 23.4 Å². The fraction of sp³-hybridized carbons (Fsp3) is 0.778. The van der Waals surface area contributed by atoms with Crippen molar-refractivity contribution in [2.24, 2.45) is 5.73 Å². The largest absolute Gasteiger partial charge is 0.379 e. The fourth-order valence-electron chi connectivity index (χ4n) is 3.01. The highest BCUT2D eigenvalue weighted by molar-refractivity contribution is 5.04. The van der Waals surface area contributed by atoms with E-state index in [2.05, 4.69) is 6.92 Å². The molecule has 0 aromatic carbocycles. The van der Waals surface area contributed by atoms with Crippen molar-refractivity contribution in [3.8, 4) is 0 Å². The van der Waals surface area contributed by atoms with Gasteiger partial charge in [0.15, 0.2) is 0 Å². The van der Waals surface area contributed by atoms with Gasteiger partial charge in [-0.3, -0.25) is 13.9 Å². The monoisotopic (exact) mass is 353 g/mol. The molecule has 0 amide bonds. The van der Waals surface area contributed by atoms with Gasteiger partial charge >= 0.3 is 5.69 Å². The average molecular weight is 353 g/mol. The molecule has 7 heteroatoms. The number of hydrogen-bond donors (Lipinski definition) is 1. The van der Waals surface area contributed by atoms with Gasteiger partial charge in [0.1, 0.15) is 6.23 Å². The van der Waals surface area contributed by atoms with E-state index in [0.29, 0.717) is 31.7 Å². The maximum atomic E-state index is 12.7. The third-order valence-electron chi connectivity index (χ3n) is 4.62. The number of aromatic nitrogens is 2. The molecule has 2 heterocycles. The van der Waals surface area contributed by atoms with Gasteiger partial charge in [0, 0.05) is 37.4 Å². The molecule has 1 fully saturated rings. The first kappa shape index (κ1) is 19.9. The van der Waals surface area contributed by atoms with Crippen LogP contribution in [0.25, 0.3) is 0 Å². The first-order chi connectivity index (χ1) is 12.0. The van der Waals surface area contributed by atoms with Crippen LogP contribution < -0.4 is 17.0 Å². The van der Waals surface area contributed by atoms with Crippen molar-refractivity contribution in [1.82, 2.24) is 9.13 Å². The zero-order chi connectivity index (χ0) is 18.4. The second kappa shape index (κ2) is 9.31. The molecule has 2 rings (SSSR count). The Balaban J connectivity index is 2.15. The molecule has 1 saturated heterocycles. The highest BCUT2D eigenvalue weighted by Crippen LogP contribution is 2.26. The van der Waals surface area contributed by atoms with Crippen molar-refractivity contribution < 1.29 is 9.47 Å². The summed E-state index contributed by atoms with van der Waals surface area (Å²) in [5, 5.41) is 0. The van der Waals surface area contributed by atoms with Crippen LogP contribution in [0.5, 0.6) is 0 Å². The Bertz CT molecular complexity index is 667. The van der Waals surface area contributed by atoms with E-state index in [0.717, 1.165) is 25.7 Å². The molecule has 0 spiro atoms. The van der Waals surface area contributed by atoms with Crippen molar-refractivity contribution in [2.45, 2.75) is 77.8 Å². The van der Waals surface area contributed by atoms with Crippen LogP contribution in [-0.4, -0.2) is 34.5 Å². The zero-order valence-corrected chi connectivity index (χ0v) is 15.6. The normalized spacial score (nSPS) is 23.3. The number of nitrogens with two attached hydrogens (primary N) is 1. The molecular formula is C18H31N3O4. The van der Waals surface area contributed by atoms with Crippen molar-refractivity contribution in [2.75, 3.05) is 13.2 Å². The summed E-state index contributed by atoms with van der Waals surface area (Å²) in [6.45, 7) is 7.41. The third-order valence-corrected chi connectivity index (χ3v) is 4.62. The summed E-state index contributed by atoms with van der Waals surface area (Å²) in [6, 6.07) is -0.185. The molecule has 0 bridgehead atoms. The average Bonchev–Trinajstić information content (AvgIpc) is 2.95. The summed E-state index contributed by atoms with van der Waals surface area (Å²) in [5.74, 6) is 0. The minimum atomic E-state index is -0.450. The molecule has 1 aliphatic rings. The first-order valence-electron chi connectivity index (χ1n) is 9.30. The molecule has 25 heavy (non-hydrogen) atoms. The van der Waals surface area contributed by atoms with Crippen LogP contribution in [0.4, 0.5) is 0 Å². The Morgan fingerprint density at radius 3 is 2.68 bits per heavy atom. The fourth-order valence-corrected chi connectivity index (χ4v) is 3.01. The van der Waals surface area contributed by atoms with E-state index in [1.807, 2.05) is 6.92 Å². The molecular weight excluding hydrogens is 322 g/mol. The van der Waals surface area contributed by atoms with E-state index in [1.165, 1.54) is 9.13 Å². The minimum absolute atomic E-state index is 0.185. The first-order valence-corrected chi connectivity index (χ1v) is 9.30. The van der Waals surface area contributed by atoms with Gasteiger partial charge in [-0.25, -0.2) is 4.79 Å². The van der Waals surface area contributed by atoms with Crippen LogP contribution in [0.3, 0.4) is 0 Å². The van der Waals surface area contributed by atoms with Crippen LogP contribution in [-0.2, 0) is 16.0 Å². The molecule has 1 aliphatic heterocycles. The van der Waals surface area contributed by atoms with E-state index < -0.39 is 6.23 Å². The Labute approximate surface area is 148 Å². The standard InChI is InChI=1S/C18H31N3O4/c1-4-6-8-20-17(22)13(3)11-21(18(20)23)16-10-14(19)15(25-16)12-24-9-7-5-2/h11,14-16H,4-10,12,19H2,1-3H3/t14?,15-,16-/m1/s1. The van der Waals surface area contributed by atoms with Crippen LogP contribution >= 0.6 is 0 Å². The number of ether oxygens (including phenoxy) is 2. The van der Waals surface area contributed by atoms with Crippen LogP contribution in [0.1, 0.15) is 57.7 Å². The highest BCUT2D eigenvalue weighted by atomic mass is 16.6. The summed E-state index contributed by atoms with van der Waals surface area (Å²) in [5.41, 5.74) is 6.16. The lowest BCUT2D eigenvalue weighted by atomic mass is 10.1. The number of unbranched alkanes of at least 4 members (excludes halogenated alkanes) is 2. The molecule has 0 saturated carbocycles. The van der Waals surface area contributed by atoms with Gasteiger partial charge in [0.25, 0.3) is 5.56 Å². The lowest BCUT2D eigenvalue weighted by molar-refractivity contribution is -0.0462. The van der Waals surface area contributed by atoms with Crippen LogP contribution in [0.15, 0.2) is 15.8 Å². The Kier molecular flexibility index (Phi) is 7.40. The number of nitrogens with zero attached hydrogens (tertiary/aromatic N) is 2. The van der Waals surface area contributed by atoms with E-state index >= 15 is 0 Å². The summed E-state index contributed by atoms with van der Waals surface area (Å²) in [7, 11) is 0. The lowest BCUT2D eigenvalue weighted by Crippen LogP contribution is -2.42. The quantitative estimate of drug-likeness (QED) is 0.681. The van der Waals surface area contributed by atoms with Gasteiger partial charge in [-0.15, -0.1) is 0 Å². The Morgan fingerprint density at radius 2 is 2.00 bits per heavy atom. The number of rotatable bonds is 9. The maximum Gasteiger partial charge on any atom is 0.333 e. The highest BCUT2D eigenvalue weighted by Gasteiger charge is 2.34. The van der Waals surface area contributed by atoms with Crippen molar-refractivity contribution in [1.29, 1.82) is 0 Å². The topological polar surface area (TPSA) is 88.5 Å². The molecule has 1 aromatic heterocycles. The molecule has 7 nitrogen and oxygen atoms in total. The maximum absolute atomic E-state index is 12.7. The van der Waals surface area contributed by atoms with Gasteiger partial charge in [-0.2, -0.15) is 0 Å². The van der Waals surface area contributed by atoms with Gasteiger partial charge in [0.05, 0.1) is 12.7 Å². The second-order valence-electron chi connectivity index (χ2n) is 6.77. The van der Waals surface area contributed by atoms with Gasteiger partial charge < -0.3 is 15.2 Å². The predicted molar refractivity (Wildman–Crippen MR) is 96.8 cm³/mol. The smallest absolute Gasteiger partial charge is 0.333 e. The zero-order valence-electron chi connectivity index (χ0n) is 15.6. The Hall–Kier alpha value is -1.44. The summed E-state index contributed by atoms with van der Waals surface area (Å²) in [6.07, 6.45) is 5.23. The SMILES string of the molecule is CCCCOC[C@H]1O[C@@H](n2cc(C)c(=O)n(CCCC)c2=O)CC1N. The van der Waals surface area contributed by atoms with Crippen molar-refractivity contribution in [3.63, 3.8) is 0 Å². The Morgan fingerprint density at radius 1 is 1.28 bits per heavy atom. The van der Waals surface area contributed by atoms with Gasteiger partial charge in [0.2, 0.25) is 0 Å². The summed E-state index contributed by atoms with van der Waals surface area (Å²) >= 11 is 0. The van der Waals surface area contributed by atoms with E-state index in [4.69, 9.17) is 15.2 Å². The van der Waals surface area contributed by atoms with E-state index in [1.54, 1.807) is 13.1 Å². The molecule has 3 atom stereocenters. The number of aryl methyl sites for hydroxylation is 1. The summed E-state index contributed by atoms with van der Waals surface area (Å²) < 4.78 is 14.4. The van der Waals surface area contributed by atoms with Gasteiger partial charge in [-0.05, 0) is 19.8 Å². The molecule has 0 radical (unpaired) electrons. The minimum Gasteiger partial charge on any atom is -0.379 e. The second-order valence-corrected chi connectivity index (χ2v) is 6.77. The summed E-state index contributed by atoms with van der Waals surface area (Å²) in [4.78, 5) is 25.0. The molecule has 1 aromatic rings. The van der Waals surface area contributed by atoms with Gasteiger partial charge in [-0.1, -0.05) is 26.7 Å². The number of hydrogen-bond acceptors (Lipinski definition) is 5.